The number of hydrogen-bond acceptors (Lipinski definition) is 3. The summed E-state index contributed by atoms with van der Waals surface area (Å²) in [5.41, 5.74) is 0.625. The Morgan fingerprint density at radius 1 is 1.35 bits per heavy atom. The number of rotatable bonds is 2. The number of carbonyl (C=O) groups excluding carboxylic acids is 1. The van der Waals surface area contributed by atoms with E-state index in [2.05, 4.69) is 15.3 Å². The number of nitrogens with zero attached hydrogens (tertiary/aromatic N) is 2. The minimum Gasteiger partial charge on any atom is -0.321 e. The van der Waals surface area contributed by atoms with Gasteiger partial charge in [0.25, 0.3) is 5.91 Å². The Balaban J connectivity index is 2.16. The highest BCUT2D eigenvalue weighted by molar-refractivity contribution is 6.31. The lowest BCUT2D eigenvalue weighted by Crippen LogP contribution is -2.13. The molecule has 0 saturated heterocycles. The van der Waals surface area contributed by atoms with Gasteiger partial charge in [-0.1, -0.05) is 11.6 Å². The fraction of sp³-hybridized carbons (Fsp3) is 0. The first-order valence-electron chi connectivity index (χ1n) is 4.69. The molecule has 2 aromatic rings. The SMILES string of the molecule is O=C(Nc1ccc(F)c(Cl)c1)c1ccncn1. The van der Waals surface area contributed by atoms with E-state index < -0.39 is 11.7 Å². The maximum absolute atomic E-state index is 12.9. The van der Waals surface area contributed by atoms with Crippen LogP contribution >= 0.6 is 11.6 Å². The van der Waals surface area contributed by atoms with E-state index >= 15 is 0 Å². The van der Waals surface area contributed by atoms with Crippen molar-refractivity contribution >= 4 is 23.2 Å². The van der Waals surface area contributed by atoms with Crippen molar-refractivity contribution in [2.24, 2.45) is 0 Å². The number of hydrogen-bond donors (Lipinski definition) is 1. The number of aromatic nitrogens is 2. The molecule has 86 valence electrons. The molecule has 0 fully saturated rings. The highest BCUT2D eigenvalue weighted by Crippen LogP contribution is 2.19. The van der Waals surface area contributed by atoms with Crippen LogP contribution in [0.4, 0.5) is 10.1 Å². The quantitative estimate of drug-likeness (QED) is 0.892. The predicted octanol–water partition coefficient (Wildman–Crippen LogP) is 2.52. The third-order valence-electron chi connectivity index (χ3n) is 1.99. The van der Waals surface area contributed by atoms with E-state index in [1.54, 1.807) is 0 Å². The van der Waals surface area contributed by atoms with E-state index in [9.17, 15) is 9.18 Å². The molecule has 0 aliphatic carbocycles. The van der Waals surface area contributed by atoms with E-state index in [4.69, 9.17) is 11.6 Å². The van der Waals surface area contributed by atoms with E-state index in [0.29, 0.717) is 5.69 Å². The highest BCUT2D eigenvalue weighted by Gasteiger charge is 2.08. The summed E-state index contributed by atoms with van der Waals surface area (Å²) < 4.78 is 12.9. The Kier molecular flexibility index (Phi) is 3.30. The molecule has 4 nitrogen and oxygen atoms in total. The summed E-state index contributed by atoms with van der Waals surface area (Å²) in [5, 5.41) is 2.50. The maximum Gasteiger partial charge on any atom is 0.274 e. The average Bonchev–Trinajstić information content (AvgIpc) is 2.35. The van der Waals surface area contributed by atoms with E-state index in [1.165, 1.54) is 36.8 Å². The Morgan fingerprint density at radius 3 is 2.82 bits per heavy atom. The number of halogens is 2. The lowest BCUT2D eigenvalue weighted by molar-refractivity contribution is 0.102. The van der Waals surface area contributed by atoms with Crippen molar-refractivity contribution in [2.75, 3.05) is 5.32 Å². The summed E-state index contributed by atoms with van der Waals surface area (Å²) in [7, 11) is 0. The van der Waals surface area contributed by atoms with Crippen molar-refractivity contribution in [2.45, 2.75) is 0 Å². The topological polar surface area (TPSA) is 54.9 Å². The zero-order valence-electron chi connectivity index (χ0n) is 8.52. The van der Waals surface area contributed by atoms with Crippen molar-refractivity contribution in [1.82, 2.24) is 9.97 Å². The van der Waals surface area contributed by atoms with Gasteiger partial charge in [0.05, 0.1) is 5.02 Å². The molecule has 2 rings (SSSR count). The van der Waals surface area contributed by atoms with Crippen molar-refractivity contribution in [3.63, 3.8) is 0 Å². The second-order valence-electron chi connectivity index (χ2n) is 3.18. The van der Waals surface area contributed by atoms with Crippen LogP contribution in [0.1, 0.15) is 10.5 Å². The van der Waals surface area contributed by atoms with Gasteiger partial charge in [-0.2, -0.15) is 0 Å². The van der Waals surface area contributed by atoms with Crippen molar-refractivity contribution in [1.29, 1.82) is 0 Å². The molecule has 1 amide bonds. The summed E-state index contributed by atoms with van der Waals surface area (Å²) in [6.45, 7) is 0. The Bertz CT molecular complexity index is 548. The highest BCUT2D eigenvalue weighted by atomic mass is 35.5. The van der Waals surface area contributed by atoms with Gasteiger partial charge < -0.3 is 5.32 Å². The number of carbonyl (C=O) groups is 1. The molecule has 0 saturated carbocycles. The molecule has 1 heterocycles. The Morgan fingerprint density at radius 2 is 2.18 bits per heavy atom. The van der Waals surface area contributed by atoms with Crippen LogP contribution in [0, 0.1) is 5.82 Å². The molecule has 0 bridgehead atoms. The van der Waals surface area contributed by atoms with E-state index in [0.717, 1.165) is 0 Å². The molecule has 0 spiro atoms. The van der Waals surface area contributed by atoms with Gasteiger partial charge in [0.2, 0.25) is 0 Å². The third kappa shape index (κ3) is 2.76. The van der Waals surface area contributed by atoms with Crippen molar-refractivity contribution in [3.8, 4) is 0 Å². The van der Waals surface area contributed by atoms with Gasteiger partial charge >= 0.3 is 0 Å². The standard InChI is InChI=1S/C11H7ClFN3O/c12-8-5-7(1-2-9(8)13)16-11(17)10-3-4-14-6-15-10/h1-6H,(H,16,17). The molecular weight excluding hydrogens is 245 g/mol. The van der Waals surface area contributed by atoms with Crippen LogP contribution in [-0.4, -0.2) is 15.9 Å². The largest absolute Gasteiger partial charge is 0.321 e. The number of benzene rings is 1. The van der Waals surface area contributed by atoms with Gasteiger partial charge in [0.1, 0.15) is 17.8 Å². The maximum atomic E-state index is 12.9. The predicted molar refractivity (Wildman–Crippen MR) is 61.4 cm³/mol. The number of nitrogens with one attached hydrogen (secondary N) is 1. The third-order valence-corrected chi connectivity index (χ3v) is 2.28. The first kappa shape index (κ1) is 11.5. The van der Waals surface area contributed by atoms with Crippen LogP contribution < -0.4 is 5.32 Å². The first-order chi connectivity index (χ1) is 8.16. The molecule has 1 aromatic carbocycles. The molecular formula is C11H7ClFN3O. The molecule has 0 unspecified atom stereocenters. The Labute approximate surface area is 101 Å². The second-order valence-corrected chi connectivity index (χ2v) is 3.58. The molecule has 0 aliphatic rings. The molecule has 0 atom stereocenters. The van der Waals surface area contributed by atoms with Crippen LogP contribution in [0.2, 0.25) is 5.02 Å². The van der Waals surface area contributed by atoms with E-state index in [1.807, 2.05) is 0 Å². The molecule has 6 heteroatoms. The molecule has 1 aromatic heterocycles. The molecule has 0 aliphatic heterocycles. The number of anilines is 1. The fourth-order valence-corrected chi connectivity index (χ4v) is 1.37. The van der Waals surface area contributed by atoms with E-state index in [-0.39, 0.29) is 10.7 Å². The summed E-state index contributed by atoms with van der Waals surface area (Å²) >= 11 is 5.59. The summed E-state index contributed by atoms with van der Waals surface area (Å²) in [5.74, 6) is -0.943. The lowest BCUT2D eigenvalue weighted by Gasteiger charge is -2.04. The summed E-state index contributed by atoms with van der Waals surface area (Å²) in [6, 6.07) is 5.40. The van der Waals surface area contributed by atoms with Crippen LogP contribution in [0.5, 0.6) is 0 Å². The normalized spacial score (nSPS) is 10.0. The van der Waals surface area contributed by atoms with Gasteiger partial charge in [0.15, 0.2) is 0 Å². The van der Waals surface area contributed by atoms with Crippen LogP contribution in [0.25, 0.3) is 0 Å². The molecule has 17 heavy (non-hydrogen) atoms. The smallest absolute Gasteiger partial charge is 0.274 e. The Hall–Kier alpha value is -2.01. The molecule has 1 N–H and O–H groups in total. The average molecular weight is 252 g/mol. The zero-order chi connectivity index (χ0) is 12.3. The minimum atomic E-state index is -0.535. The lowest BCUT2D eigenvalue weighted by atomic mass is 10.3. The molecule has 0 radical (unpaired) electrons. The van der Waals surface area contributed by atoms with Crippen LogP contribution in [0.15, 0.2) is 36.8 Å². The van der Waals surface area contributed by atoms with Crippen molar-refractivity contribution < 1.29 is 9.18 Å². The van der Waals surface area contributed by atoms with Gasteiger partial charge in [-0.3, -0.25) is 4.79 Å². The fourth-order valence-electron chi connectivity index (χ4n) is 1.19. The minimum absolute atomic E-state index is 0.0505. The van der Waals surface area contributed by atoms with Crippen LogP contribution in [-0.2, 0) is 0 Å². The zero-order valence-corrected chi connectivity index (χ0v) is 9.28. The van der Waals surface area contributed by atoms with Gasteiger partial charge in [-0.15, -0.1) is 0 Å². The van der Waals surface area contributed by atoms with Gasteiger partial charge in [-0.05, 0) is 24.3 Å². The van der Waals surface area contributed by atoms with Gasteiger partial charge in [0, 0.05) is 11.9 Å². The number of amides is 1. The van der Waals surface area contributed by atoms with Crippen molar-refractivity contribution in [3.05, 3.63) is 53.3 Å². The van der Waals surface area contributed by atoms with Crippen LogP contribution in [0.3, 0.4) is 0 Å². The second kappa shape index (κ2) is 4.88. The van der Waals surface area contributed by atoms with Gasteiger partial charge in [-0.25, -0.2) is 14.4 Å². The first-order valence-corrected chi connectivity index (χ1v) is 5.07. The monoisotopic (exact) mass is 251 g/mol. The summed E-state index contributed by atoms with van der Waals surface area (Å²) in [6.07, 6.45) is 2.73. The summed E-state index contributed by atoms with van der Waals surface area (Å²) in [4.78, 5) is 19.2.